The summed E-state index contributed by atoms with van der Waals surface area (Å²) in [5, 5.41) is 4.08. The first-order valence-electron chi connectivity index (χ1n) is 16.9. The average Bonchev–Trinajstić information content (AvgIpc) is 3.65. The van der Waals surface area contributed by atoms with Gasteiger partial charge in [0.2, 0.25) is 11.8 Å². The fourth-order valence-corrected chi connectivity index (χ4v) is 8.66. The van der Waals surface area contributed by atoms with Gasteiger partial charge >= 0.3 is 6.18 Å². The molecule has 1 atom stereocenters. The van der Waals surface area contributed by atoms with E-state index in [4.69, 9.17) is 15.5 Å². The van der Waals surface area contributed by atoms with Gasteiger partial charge in [0.05, 0.1) is 24.1 Å². The molecule has 3 aromatic heterocycles. The number of sulfonamides is 1. The molecule has 51 heavy (non-hydrogen) atoms. The van der Waals surface area contributed by atoms with E-state index >= 15 is 0 Å². The number of primary amides is 1. The van der Waals surface area contributed by atoms with Crippen LogP contribution >= 0.6 is 0 Å². The number of rotatable bonds is 8. The Labute approximate surface area is 293 Å². The van der Waals surface area contributed by atoms with E-state index in [0.717, 1.165) is 16.4 Å². The predicted molar refractivity (Wildman–Crippen MR) is 180 cm³/mol. The molecule has 0 aromatic carbocycles. The Morgan fingerprint density at radius 1 is 1.10 bits per heavy atom. The SMILES string of the molecule is CC1(C)C[C@@H]2CCCN(CCC(N)=O)c3cccc(n3)S(=O)(=O)N3C/C=C/2N1c1nc(-n2ccc(OCCC4(C(F)(F)F)CC4)n2)ccc1C3=O. The number of aromatic nitrogens is 4. The van der Waals surface area contributed by atoms with Crippen molar-refractivity contribution in [1.29, 1.82) is 0 Å². The standard InChI is InChI=1S/C34H39F3N8O5S/c1-32(2)21-22-5-4-16-42(17-11-25(38)46)26-6-3-7-29(39-26)51(48,49)44-19-10-24(22)45(32)30-23(31(44)47)8-9-27(40-30)43-18-12-28(41-43)50-20-15-33(13-14-33)34(35,36)37/h3,6-10,12,18,22H,4-5,11,13-17,19-21H2,1-2H3,(H2,38,46)/b24-10-/t22-/m0/s1. The smallest absolute Gasteiger partial charge is 0.394 e. The molecule has 2 fully saturated rings. The first-order chi connectivity index (χ1) is 24.1. The van der Waals surface area contributed by atoms with Crippen molar-refractivity contribution in [2.45, 2.75) is 75.5 Å². The highest BCUT2D eigenvalue weighted by molar-refractivity contribution is 7.89. The van der Waals surface area contributed by atoms with Gasteiger partial charge in [-0.1, -0.05) is 6.07 Å². The molecule has 4 aliphatic rings. The van der Waals surface area contributed by atoms with Crippen LogP contribution in [0.1, 0.15) is 69.2 Å². The van der Waals surface area contributed by atoms with Gasteiger partial charge in [0, 0.05) is 48.9 Å². The summed E-state index contributed by atoms with van der Waals surface area (Å²) < 4.78 is 76.4. The summed E-state index contributed by atoms with van der Waals surface area (Å²) in [5.41, 5.74) is 4.14. The van der Waals surface area contributed by atoms with E-state index in [1.807, 2.05) is 23.6 Å². The van der Waals surface area contributed by atoms with Crippen molar-refractivity contribution in [3.63, 3.8) is 0 Å². The maximum absolute atomic E-state index is 14.3. The Hall–Kier alpha value is -4.67. The van der Waals surface area contributed by atoms with Crippen LogP contribution in [0.2, 0.25) is 0 Å². The minimum absolute atomic E-state index is 0.0120. The summed E-state index contributed by atoms with van der Waals surface area (Å²) in [6.45, 7) is 4.48. The number of nitrogens with zero attached hydrogens (tertiary/aromatic N) is 7. The number of carbonyl (C=O) groups is 2. The molecule has 272 valence electrons. The van der Waals surface area contributed by atoms with Crippen LogP contribution < -0.4 is 20.3 Å². The van der Waals surface area contributed by atoms with Crippen molar-refractivity contribution in [2.24, 2.45) is 17.1 Å². The first-order valence-corrected chi connectivity index (χ1v) is 18.4. The number of hydrogen-bond donors (Lipinski definition) is 1. The molecule has 3 aliphatic heterocycles. The van der Waals surface area contributed by atoms with Gasteiger partial charge in [0.15, 0.2) is 10.8 Å². The molecule has 0 unspecified atom stereocenters. The topological polar surface area (TPSA) is 157 Å². The van der Waals surface area contributed by atoms with Gasteiger partial charge in [0.1, 0.15) is 11.6 Å². The van der Waals surface area contributed by atoms with Crippen LogP contribution in [-0.2, 0) is 14.8 Å². The largest absolute Gasteiger partial charge is 0.477 e. The maximum Gasteiger partial charge on any atom is 0.394 e. The molecule has 13 nitrogen and oxygen atoms in total. The second-order valence-electron chi connectivity index (χ2n) is 14.2. The Balaban J connectivity index is 1.25. The van der Waals surface area contributed by atoms with Crippen molar-refractivity contribution in [2.75, 3.05) is 36.0 Å². The third-order valence-electron chi connectivity index (χ3n) is 10.3. The molecule has 0 radical (unpaired) electrons. The van der Waals surface area contributed by atoms with Gasteiger partial charge in [-0.2, -0.15) is 21.6 Å². The zero-order chi connectivity index (χ0) is 36.3. The summed E-state index contributed by atoms with van der Waals surface area (Å²) in [7, 11) is -4.47. The van der Waals surface area contributed by atoms with Gasteiger partial charge in [-0.25, -0.2) is 19.0 Å². The molecular formula is C34H39F3N8O5S. The lowest BCUT2D eigenvalue weighted by atomic mass is 9.92. The summed E-state index contributed by atoms with van der Waals surface area (Å²) in [4.78, 5) is 39.2. The van der Waals surface area contributed by atoms with Crippen LogP contribution in [0.4, 0.5) is 24.8 Å². The highest BCUT2D eigenvalue weighted by Crippen LogP contribution is 2.59. The number of hydrogen-bond acceptors (Lipinski definition) is 10. The lowest BCUT2D eigenvalue weighted by molar-refractivity contribution is -0.190. The fraction of sp³-hybridized carbons (Fsp3) is 0.500. The van der Waals surface area contributed by atoms with Crippen LogP contribution in [0, 0.1) is 11.3 Å². The van der Waals surface area contributed by atoms with E-state index in [9.17, 15) is 31.2 Å². The first kappa shape index (κ1) is 34.8. The molecule has 0 spiro atoms. The number of halogens is 3. The Kier molecular flexibility index (Phi) is 8.54. The number of amides is 2. The van der Waals surface area contributed by atoms with Crippen molar-refractivity contribution >= 4 is 33.5 Å². The number of nitrogens with two attached hydrogens (primary N) is 1. The van der Waals surface area contributed by atoms with Crippen LogP contribution in [0.3, 0.4) is 0 Å². The number of pyridine rings is 2. The number of fused-ring (bicyclic) bond motifs is 6. The Morgan fingerprint density at radius 3 is 2.61 bits per heavy atom. The molecular weight excluding hydrogens is 689 g/mol. The van der Waals surface area contributed by atoms with E-state index in [0.29, 0.717) is 31.0 Å². The van der Waals surface area contributed by atoms with Gasteiger partial charge < -0.3 is 20.3 Å². The summed E-state index contributed by atoms with van der Waals surface area (Å²) in [6.07, 6.45) is 1.28. The minimum Gasteiger partial charge on any atom is -0.477 e. The third-order valence-corrected chi connectivity index (χ3v) is 12.0. The summed E-state index contributed by atoms with van der Waals surface area (Å²) in [6, 6.07) is 9.16. The predicted octanol–water partition coefficient (Wildman–Crippen LogP) is 4.58. The third kappa shape index (κ3) is 6.40. The summed E-state index contributed by atoms with van der Waals surface area (Å²) >= 11 is 0. The second-order valence-corrected chi connectivity index (χ2v) is 16.0. The molecule has 1 saturated heterocycles. The van der Waals surface area contributed by atoms with Crippen molar-refractivity contribution in [3.05, 3.63) is 59.9 Å². The van der Waals surface area contributed by atoms with Crippen LogP contribution in [-0.4, -0.2) is 82.2 Å². The zero-order valence-corrected chi connectivity index (χ0v) is 29.1. The average molecular weight is 729 g/mol. The van der Waals surface area contributed by atoms with Gasteiger partial charge in [-0.3, -0.25) is 9.59 Å². The number of allylic oxidation sites excluding steroid dienone is 1. The van der Waals surface area contributed by atoms with E-state index in [-0.39, 0.29) is 73.6 Å². The summed E-state index contributed by atoms with van der Waals surface area (Å²) in [5.74, 6) is -0.231. The quantitative estimate of drug-likeness (QED) is 0.348. The van der Waals surface area contributed by atoms with Crippen LogP contribution in [0.25, 0.3) is 5.82 Å². The number of carbonyl (C=O) groups excluding carboxylic acids is 2. The Bertz CT molecular complexity index is 2010. The molecule has 7 rings (SSSR count). The highest BCUT2D eigenvalue weighted by Gasteiger charge is 2.62. The molecule has 2 amide bonds. The maximum atomic E-state index is 14.3. The molecule has 17 heteroatoms. The molecule has 4 bridgehead atoms. The van der Waals surface area contributed by atoms with Crippen LogP contribution in [0.5, 0.6) is 5.88 Å². The zero-order valence-electron chi connectivity index (χ0n) is 28.3. The highest BCUT2D eigenvalue weighted by atomic mass is 32.2. The van der Waals surface area contributed by atoms with Crippen molar-refractivity contribution in [3.8, 4) is 11.7 Å². The number of anilines is 2. The monoisotopic (exact) mass is 728 g/mol. The van der Waals surface area contributed by atoms with Crippen molar-refractivity contribution < 1.29 is 35.9 Å². The number of alkyl halides is 3. The Morgan fingerprint density at radius 2 is 1.88 bits per heavy atom. The number of ether oxygens (including phenoxy) is 1. The molecule has 3 aromatic rings. The lowest BCUT2D eigenvalue weighted by Crippen LogP contribution is -2.44. The lowest BCUT2D eigenvalue weighted by Gasteiger charge is -2.37. The molecule has 1 aliphatic carbocycles. The minimum atomic E-state index is -4.47. The normalized spacial score (nSPS) is 22.8. The van der Waals surface area contributed by atoms with Crippen molar-refractivity contribution in [1.82, 2.24) is 24.1 Å². The molecule has 2 N–H and O–H groups in total. The van der Waals surface area contributed by atoms with E-state index in [1.54, 1.807) is 24.4 Å². The second kappa shape index (κ2) is 12.5. The molecule has 6 heterocycles. The fourth-order valence-electron chi connectivity index (χ4n) is 7.39. The van der Waals surface area contributed by atoms with Gasteiger partial charge in [-0.15, -0.1) is 5.10 Å². The van der Waals surface area contributed by atoms with E-state index < -0.39 is 39.0 Å². The molecule has 1 saturated carbocycles. The van der Waals surface area contributed by atoms with Gasteiger partial charge in [-0.05, 0) is 82.7 Å². The van der Waals surface area contributed by atoms with E-state index in [1.165, 1.54) is 28.9 Å². The van der Waals surface area contributed by atoms with Crippen LogP contribution in [0.15, 0.2) is 59.4 Å². The van der Waals surface area contributed by atoms with E-state index in [2.05, 4.69) is 10.1 Å². The van der Waals surface area contributed by atoms with Gasteiger partial charge in [0.25, 0.3) is 15.9 Å².